The maximum atomic E-state index is 2.24. The molecule has 0 aliphatic heterocycles. The van der Waals surface area contributed by atoms with E-state index in [1.807, 2.05) is 0 Å². The van der Waals surface area contributed by atoms with Crippen molar-refractivity contribution >= 4 is 19.5 Å². The smallest absolute Gasteiger partial charge is 0.145 e. The van der Waals surface area contributed by atoms with Gasteiger partial charge in [0, 0.05) is 28.2 Å². The molecule has 0 saturated heterocycles. The fourth-order valence-corrected chi connectivity index (χ4v) is 2.45. The summed E-state index contributed by atoms with van der Waals surface area (Å²) in [5.41, 5.74) is 0. The third-order valence-electron chi connectivity index (χ3n) is 3.43. The SMILES string of the molecule is CN(C)N(CC(N(C)C)(N(C)C)N(C)C)N(C)C.[SiH3][SiH3]. The molecule has 0 aromatic rings. The van der Waals surface area contributed by atoms with Crippen LogP contribution in [-0.4, -0.2) is 132 Å². The van der Waals surface area contributed by atoms with Gasteiger partial charge in [-0.05, 0) is 61.8 Å². The Morgan fingerprint density at radius 2 is 0.850 bits per heavy atom. The lowest BCUT2D eigenvalue weighted by molar-refractivity contribution is -0.212. The van der Waals surface area contributed by atoms with E-state index in [0.29, 0.717) is 0 Å². The van der Waals surface area contributed by atoms with Gasteiger partial charge >= 0.3 is 0 Å². The zero-order chi connectivity index (χ0) is 16.7. The van der Waals surface area contributed by atoms with Crippen molar-refractivity contribution in [3.63, 3.8) is 0 Å². The molecule has 8 heteroatoms. The topological polar surface area (TPSA) is 19.4 Å². The first-order valence-electron chi connectivity index (χ1n) is 7.21. The Labute approximate surface area is 132 Å². The molecule has 0 aliphatic rings. The Bertz CT molecular complexity index is 216. The van der Waals surface area contributed by atoms with Crippen LogP contribution in [0.15, 0.2) is 0 Å². The lowest BCUT2D eigenvalue weighted by Gasteiger charge is -2.53. The third kappa shape index (κ3) is 5.53. The Hall–Kier alpha value is 0.194. The number of nitrogens with zero attached hydrogens (tertiary/aromatic N) is 6. The van der Waals surface area contributed by atoms with Gasteiger partial charge in [0.25, 0.3) is 0 Å². The van der Waals surface area contributed by atoms with Crippen molar-refractivity contribution in [2.75, 3.05) is 77.0 Å². The monoisotopic (exact) mass is 322 g/mol. The number of likely N-dealkylation sites (N-methyl/N-ethyl adjacent to an activating group) is 3. The first-order chi connectivity index (χ1) is 9.07. The molecule has 124 valence electrons. The average Bonchev–Trinajstić information content (AvgIpc) is 2.30. The number of rotatable bonds is 7. The Balaban J connectivity index is 0. The van der Waals surface area contributed by atoms with Gasteiger partial charge in [-0.3, -0.25) is 14.7 Å². The molecule has 0 radical (unpaired) electrons. The van der Waals surface area contributed by atoms with Crippen LogP contribution in [0.5, 0.6) is 0 Å². The van der Waals surface area contributed by atoms with Gasteiger partial charge in [0.1, 0.15) is 5.79 Å². The second-order valence-electron chi connectivity index (χ2n) is 5.68. The van der Waals surface area contributed by atoms with E-state index >= 15 is 0 Å². The standard InChI is InChI=1S/C12H32N6.H6Si2/c1-13(2)12(14(3)4,15(5)6)11-18(16(7)8)17(9)10;1-2/h11H2,1-10H3;1-2H3. The molecule has 0 aliphatic carbocycles. The van der Waals surface area contributed by atoms with Gasteiger partial charge in [-0.25, -0.2) is 10.0 Å². The molecule has 0 heterocycles. The summed E-state index contributed by atoms with van der Waals surface area (Å²) in [6.07, 6.45) is 0. The van der Waals surface area contributed by atoms with Crippen molar-refractivity contribution < 1.29 is 0 Å². The summed E-state index contributed by atoms with van der Waals surface area (Å²) in [5, 5.41) is 6.41. The number of hydrogen-bond acceptors (Lipinski definition) is 6. The molecule has 0 N–H and O–H groups in total. The highest BCUT2D eigenvalue weighted by molar-refractivity contribution is 6.75. The van der Waals surface area contributed by atoms with E-state index < -0.39 is 0 Å². The maximum absolute atomic E-state index is 2.24. The van der Waals surface area contributed by atoms with Crippen molar-refractivity contribution in [1.29, 1.82) is 0 Å². The fourth-order valence-electron chi connectivity index (χ4n) is 2.45. The highest BCUT2D eigenvalue weighted by Crippen LogP contribution is 2.20. The van der Waals surface area contributed by atoms with Crippen LogP contribution in [0.2, 0.25) is 0 Å². The van der Waals surface area contributed by atoms with E-state index in [2.05, 4.69) is 100 Å². The zero-order valence-corrected chi connectivity index (χ0v) is 19.9. The lowest BCUT2D eigenvalue weighted by Crippen LogP contribution is -2.71. The van der Waals surface area contributed by atoms with Gasteiger partial charge < -0.3 is 0 Å². The van der Waals surface area contributed by atoms with E-state index in [1.165, 1.54) is 19.5 Å². The zero-order valence-electron chi connectivity index (χ0n) is 15.9. The van der Waals surface area contributed by atoms with E-state index in [-0.39, 0.29) is 5.79 Å². The summed E-state index contributed by atoms with van der Waals surface area (Å²) in [5.74, 6) is -0.172. The van der Waals surface area contributed by atoms with Gasteiger partial charge in [-0.15, -0.1) is 0 Å². The highest BCUT2D eigenvalue weighted by atomic mass is 29.1. The van der Waals surface area contributed by atoms with Crippen molar-refractivity contribution in [3.05, 3.63) is 0 Å². The van der Waals surface area contributed by atoms with Crippen molar-refractivity contribution in [3.8, 4) is 0 Å². The molecule has 0 spiro atoms. The molecule has 0 aromatic carbocycles. The normalized spacial score (nSPS) is 13.2. The van der Waals surface area contributed by atoms with Crippen LogP contribution in [0.3, 0.4) is 0 Å². The molecule has 0 aromatic heterocycles. The molecular formula is C12H38N6Si2. The van der Waals surface area contributed by atoms with Crippen LogP contribution in [0.1, 0.15) is 0 Å². The Morgan fingerprint density at radius 3 is 1.00 bits per heavy atom. The molecule has 0 amide bonds. The predicted molar refractivity (Wildman–Crippen MR) is 97.8 cm³/mol. The predicted octanol–water partition coefficient (Wildman–Crippen LogP) is -2.79. The first kappa shape index (κ1) is 22.5. The van der Waals surface area contributed by atoms with Crippen LogP contribution in [0.25, 0.3) is 0 Å². The minimum atomic E-state index is -0.172. The van der Waals surface area contributed by atoms with Gasteiger partial charge in [0.15, 0.2) is 0 Å². The van der Waals surface area contributed by atoms with Crippen molar-refractivity contribution in [2.45, 2.75) is 5.79 Å². The summed E-state index contributed by atoms with van der Waals surface area (Å²) in [6.45, 7) is 0.847. The van der Waals surface area contributed by atoms with Crippen LogP contribution >= 0.6 is 0 Å². The quantitative estimate of drug-likeness (QED) is 0.285. The van der Waals surface area contributed by atoms with Crippen LogP contribution in [0, 0.1) is 0 Å². The molecular weight excluding hydrogens is 284 g/mol. The molecule has 6 nitrogen and oxygen atoms in total. The van der Waals surface area contributed by atoms with Gasteiger partial charge in [0.2, 0.25) is 0 Å². The summed E-state index contributed by atoms with van der Waals surface area (Å²) in [7, 11) is 23.8. The van der Waals surface area contributed by atoms with Crippen molar-refractivity contribution in [1.82, 2.24) is 29.8 Å². The summed E-state index contributed by atoms with van der Waals surface area (Å²) in [4.78, 5) is 6.73. The van der Waals surface area contributed by atoms with Crippen molar-refractivity contribution in [2.24, 2.45) is 0 Å². The number of hydrogen-bond donors (Lipinski definition) is 0. The third-order valence-corrected chi connectivity index (χ3v) is 3.43. The van der Waals surface area contributed by atoms with Crippen LogP contribution < -0.4 is 0 Å². The average molecular weight is 323 g/mol. The van der Waals surface area contributed by atoms with E-state index in [1.54, 1.807) is 0 Å². The Morgan fingerprint density at radius 1 is 0.600 bits per heavy atom. The molecule has 0 saturated carbocycles. The summed E-state index contributed by atoms with van der Waals surface area (Å²) >= 11 is 0. The van der Waals surface area contributed by atoms with E-state index in [0.717, 1.165) is 6.54 Å². The summed E-state index contributed by atoms with van der Waals surface area (Å²) < 4.78 is 0. The van der Waals surface area contributed by atoms with Gasteiger partial charge in [0.05, 0.1) is 6.54 Å². The van der Waals surface area contributed by atoms with E-state index in [9.17, 15) is 0 Å². The second-order valence-corrected chi connectivity index (χ2v) is 5.68. The van der Waals surface area contributed by atoms with Gasteiger partial charge in [-0.1, -0.05) is 0 Å². The lowest BCUT2D eigenvalue weighted by atomic mass is 10.2. The molecule has 0 rings (SSSR count). The molecule has 20 heavy (non-hydrogen) atoms. The largest absolute Gasteiger partial charge is 0.278 e. The second kappa shape index (κ2) is 10.0. The van der Waals surface area contributed by atoms with Crippen LogP contribution in [0.4, 0.5) is 0 Å². The fraction of sp³-hybridized carbons (Fsp3) is 1.00. The van der Waals surface area contributed by atoms with E-state index in [4.69, 9.17) is 0 Å². The van der Waals surface area contributed by atoms with Crippen LogP contribution in [-0.2, 0) is 0 Å². The molecule has 0 fully saturated rings. The minimum absolute atomic E-state index is 0.172. The van der Waals surface area contributed by atoms with Gasteiger partial charge in [-0.2, -0.15) is 5.12 Å². The molecule has 0 atom stereocenters. The highest BCUT2D eigenvalue weighted by Gasteiger charge is 2.40. The summed E-state index contributed by atoms with van der Waals surface area (Å²) in [6, 6.07) is 0. The number of hydrazine groups is 2. The molecule has 0 unspecified atom stereocenters. The maximum Gasteiger partial charge on any atom is 0.145 e. The first-order valence-corrected chi connectivity index (χ1v) is 15.2. The molecule has 0 bridgehead atoms. The minimum Gasteiger partial charge on any atom is -0.278 e. The Kier molecular flexibility index (Phi) is 11.2.